The van der Waals surface area contributed by atoms with Crippen molar-refractivity contribution in [2.45, 2.75) is 43.7 Å². The Bertz CT molecular complexity index is 1280. The number of nitrogens with zero attached hydrogens (tertiary/aromatic N) is 2. The first-order valence-corrected chi connectivity index (χ1v) is 13.8. The van der Waals surface area contributed by atoms with E-state index in [0.717, 1.165) is 17.7 Å². The Labute approximate surface area is 215 Å². The van der Waals surface area contributed by atoms with Crippen molar-refractivity contribution in [1.82, 2.24) is 4.31 Å². The Morgan fingerprint density at radius 3 is 2.47 bits per heavy atom. The number of hydrogen-bond donors (Lipinski definition) is 1. The molecule has 2 heterocycles. The lowest BCUT2D eigenvalue weighted by Gasteiger charge is -2.32. The van der Waals surface area contributed by atoms with Crippen molar-refractivity contribution in [2.24, 2.45) is 5.92 Å². The molecule has 0 bridgehead atoms. The fourth-order valence-electron chi connectivity index (χ4n) is 4.61. The summed E-state index contributed by atoms with van der Waals surface area (Å²) in [6.45, 7) is 2.27. The molecule has 2 amide bonds. The highest BCUT2D eigenvalue weighted by molar-refractivity contribution is 9.10. The molecule has 2 aromatic carbocycles. The number of nitrogens with one attached hydrogen (secondary N) is 1. The maximum atomic E-state index is 13.7. The van der Waals surface area contributed by atoms with Gasteiger partial charge in [0.15, 0.2) is 0 Å². The molecule has 2 aromatic rings. The van der Waals surface area contributed by atoms with Crippen LogP contribution in [0.1, 0.15) is 37.3 Å². The molecule has 2 aliphatic rings. The second-order valence-corrected chi connectivity index (χ2v) is 11.6. The molecule has 1 fully saturated rings. The lowest BCUT2D eigenvalue weighted by atomic mass is 9.98. The van der Waals surface area contributed by atoms with Gasteiger partial charge in [-0.1, -0.05) is 22.9 Å². The quantitative estimate of drug-likeness (QED) is 0.544. The van der Waals surface area contributed by atoms with Gasteiger partial charge in [0.05, 0.1) is 17.2 Å². The number of alkyl halides is 3. The first kappa shape index (κ1) is 26.6. The molecule has 36 heavy (non-hydrogen) atoms. The van der Waals surface area contributed by atoms with E-state index in [9.17, 15) is 31.2 Å². The minimum Gasteiger partial charge on any atom is -0.326 e. The third kappa shape index (κ3) is 5.30. The van der Waals surface area contributed by atoms with Crippen LogP contribution in [0.3, 0.4) is 0 Å². The van der Waals surface area contributed by atoms with Gasteiger partial charge in [-0.2, -0.15) is 17.5 Å². The van der Waals surface area contributed by atoms with Crippen molar-refractivity contribution in [2.75, 3.05) is 29.9 Å². The highest BCUT2D eigenvalue weighted by Crippen LogP contribution is 2.40. The van der Waals surface area contributed by atoms with Crippen LogP contribution < -0.4 is 10.2 Å². The Kier molecular flexibility index (Phi) is 7.50. The SMILES string of the molecule is CCC(=O)N1CCc2cc(Br)cc(S(=O)(=O)N3CCCC(C(=O)Nc4ccc(C(F)(F)F)cc4)C3)c21. The monoisotopic (exact) mass is 587 g/mol. The zero-order chi connectivity index (χ0) is 26.3. The molecule has 4 rings (SSSR count). The number of carbonyl (C=O) groups is 2. The lowest BCUT2D eigenvalue weighted by Crippen LogP contribution is -2.44. The average molecular weight is 588 g/mol. The van der Waals surface area contributed by atoms with Crippen molar-refractivity contribution in [1.29, 1.82) is 0 Å². The zero-order valence-corrected chi connectivity index (χ0v) is 21.8. The van der Waals surface area contributed by atoms with Gasteiger partial charge in [0, 0.05) is 36.2 Å². The maximum Gasteiger partial charge on any atom is 0.416 e. The lowest BCUT2D eigenvalue weighted by molar-refractivity contribution is -0.137. The zero-order valence-electron chi connectivity index (χ0n) is 19.4. The molecule has 194 valence electrons. The summed E-state index contributed by atoms with van der Waals surface area (Å²) in [7, 11) is -4.04. The molecule has 1 atom stereocenters. The number of sulfonamides is 1. The summed E-state index contributed by atoms with van der Waals surface area (Å²) in [5.74, 6) is -1.30. The third-order valence-electron chi connectivity index (χ3n) is 6.45. The van der Waals surface area contributed by atoms with Crippen LogP contribution in [0, 0.1) is 5.92 Å². The summed E-state index contributed by atoms with van der Waals surface area (Å²) in [6.07, 6.45) is -2.82. The molecule has 0 aromatic heterocycles. The van der Waals surface area contributed by atoms with Gasteiger partial charge in [-0.05, 0) is 61.2 Å². The second kappa shape index (κ2) is 10.1. The topological polar surface area (TPSA) is 86.8 Å². The maximum absolute atomic E-state index is 13.7. The first-order chi connectivity index (χ1) is 16.9. The van der Waals surface area contributed by atoms with Crippen molar-refractivity contribution >= 4 is 49.1 Å². The van der Waals surface area contributed by atoms with Crippen molar-refractivity contribution < 1.29 is 31.2 Å². The molecular weight excluding hydrogens is 563 g/mol. The van der Waals surface area contributed by atoms with Crippen LogP contribution in [0.5, 0.6) is 0 Å². The smallest absolute Gasteiger partial charge is 0.326 e. The highest BCUT2D eigenvalue weighted by Gasteiger charge is 2.38. The standard InChI is InChI=1S/C24H25BrF3N3O4S/c1-2-21(32)31-11-9-15-12-18(25)13-20(22(15)31)36(34,35)30-10-3-4-16(14-30)23(33)29-19-7-5-17(6-8-19)24(26,27)28/h5-8,12-13,16H,2-4,9-11,14H2,1H3,(H,29,33). The molecule has 7 nitrogen and oxygen atoms in total. The predicted molar refractivity (Wildman–Crippen MR) is 132 cm³/mol. The molecule has 0 aliphatic carbocycles. The number of hydrogen-bond acceptors (Lipinski definition) is 4. The predicted octanol–water partition coefficient (Wildman–Crippen LogP) is 4.81. The van der Waals surface area contributed by atoms with Gasteiger partial charge in [0.2, 0.25) is 21.8 Å². The molecule has 1 N–H and O–H groups in total. The van der Waals surface area contributed by atoms with Crippen molar-refractivity contribution in [3.8, 4) is 0 Å². The van der Waals surface area contributed by atoms with Crippen LogP contribution in [-0.4, -0.2) is 44.2 Å². The second-order valence-electron chi connectivity index (χ2n) is 8.83. The Morgan fingerprint density at radius 2 is 1.83 bits per heavy atom. The van der Waals surface area contributed by atoms with Crippen LogP contribution in [0.4, 0.5) is 24.5 Å². The van der Waals surface area contributed by atoms with Gasteiger partial charge < -0.3 is 10.2 Å². The third-order valence-corrected chi connectivity index (χ3v) is 8.79. The number of piperidine rings is 1. The summed E-state index contributed by atoms with van der Waals surface area (Å²) >= 11 is 3.37. The van der Waals surface area contributed by atoms with Crippen LogP contribution in [0.25, 0.3) is 0 Å². The van der Waals surface area contributed by atoms with Gasteiger partial charge in [0.25, 0.3) is 0 Å². The number of carbonyl (C=O) groups excluding carboxylic acids is 2. The largest absolute Gasteiger partial charge is 0.416 e. The normalized spacial score (nSPS) is 18.7. The van der Waals surface area contributed by atoms with Crippen LogP contribution in [0.2, 0.25) is 0 Å². The fourth-order valence-corrected chi connectivity index (χ4v) is 7.05. The van der Waals surface area contributed by atoms with E-state index in [2.05, 4.69) is 21.2 Å². The summed E-state index contributed by atoms with van der Waals surface area (Å²) in [5.41, 5.74) is 0.527. The number of fused-ring (bicyclic) bond motifs is 1. The van der Waals surface area contributed by atoms with Crippen molar-refractivity contribution in [3.63, 3.8) is 0 Å². The Morgan fingerprint density at radius 1 is 1.14 bits per heavy atom. The van der Waals surface area contributed by atoms with E-state index in [-0.39, 0.29) is 36.0 Å². The van der Waals surface area contributed by atoms with E-state index < -0.39 is 33.6 Å². The van der Waals surface area contributed by atoms with Crippen LogP contribution in [-0.2, 0) is 32.2 Å². The van der Waals surface area contributed by atoms with Crippen molar-refractivity contribution in [3.05, 3.63) is 52.0 Å². The molecule has 0 saturated carbocycles. The minimum absolute atomic E-state index is 0.0231. The van der Waals surface area contributed by atoms with Gasteiger partial charge in [-0.15, -0.1) is 0 Å². The van der Waals surface area contributed by atoms with E-state index in [1.165, 1.54) is 27.4 Å². The van der Waals surface area contributed by atoms with Gasteiger partial charge in [-0.3, -0.25) is 9.59 Å². The van der Waals surface area contributed by atoms with E-state index in [0.29, 0.717) is 36.0 Å². The Balaban J connectivity index is 1.55. The molecular formula is C24H25BrF3N3O4S. The van der Waals surface area contributed by atoms with E-state index in [1.54, 1.807) is 6.92 Å². The molecule has 12 heteroatoms. The number of halogens is 4. The summed E-state index contributed by atoms with van der Waals surface area (Å²) < 4.78 is 67.7. The van der Waals surface area contributed by atoms with Gasteiger partial charge >= 0.3 is 6.18 Å². The molecule has 1 unspecified atom stereocenters. The van der Waals surface area contributed by atoms with Gasteiger partial charge in [0.1, 0.15) is 4.90 Å². The highest BCUT2D eigenvalue weighted by atomic mass is 79.9. The number of benzene rings is 2. The van der Waals surface area contributed by atoms with E-state index in [1.807, 2.05) is 6.07 Å². The van der Waals surface area contributed by atoms with Gasteiger partial charge in [-0.25, -0.2) is 8.42 Å². The molecule has 1 saturated heterocycles. The average Bonchev–Trinajstić information content (AvgIpc) is 3.26. The summed E-state index contributed by atoms with van der Waals surface area (Å²) in [5, 5.41) is 2.59. The molecule has 0 spiro atoms. The fraction of sp³-hybridized carbons (Fsp3) is 0.417. The van der Waals surface area contributed by atoms with Crippen LogP contribution in [0.15, 0.2) is 45.8 Å². The number of anilines is 2. The summed E-state index contributed by atoms with van der Waals surface area (Å²) in [6, 6.07) is 7.40. The Hall–Kier alpha value is -2.44. The summed E-state index contributed by atoms with van der Waals surface area (Å²) in [4.78, 5) is 26.9. The number of amides is 2. The minimum atomic E-state index is -4.48. The van der Waals surface area contributed by atoms with E-state index >= 15 is 0 Å². The molecule has 2 aliphatic heterocycles. The first-order valence-electron chi connectivity index (χ1n) is 11.5. The van der Waals surface area contributed by atoms with Crippen LogP contribution >= 0.6 is 15.9 Å². The molecule has 0 radical (unpaired) electrons. The van der Waals surface area contributed by atoms with E-state index in [4.69, 9.17) is 0 Å². The number of rotatable bonds is 5.